The van der Waals surface area contributed by atoms with Crippen LogP contribution in [0.15, 0.2) is 24.3 Å². The number of ether oxygens (including phenoxy) is 1. The maximum atomic E-state index is 12.1. The topological polar surface area (TPSA) is 29.5 Å². The highest BCUT2D eigenvalue weighted by Gasteiger charge is 2.41. The quantitative estimate of drug-likeness (QED) is 0.803. The fourth-order valence-corrected chi connectivity index (χ4v) is 2.71. The molecule has 17 heavy (non-hydrogen) atoms. The summed E-state index contributed by atoms with van der Waals surface area (Å²) < 4.78 is 5.49. The van der Waals surface area contributed by atoms with E-state index in [1.807, 2.05) is 29.2 Å². The van der Waals surface area contributed by atoms with E-state index in [2.05, 4.69) is 0 Å². The lowest BCUT2D eigenvalue weighted by Gasteiger charge is -2.26. The van der Waals surface area contributed by atoms with Crippen LogP contribution < -0.4 is 0 Å². The predicted molar refractivity (Wildman–Crippen MR) is 65.0 cm³/mol. The van der Waals surface area contributed by atoms with Crippen molar-refractivity contribution in [1.29, 1.82) is 0 Å². The number of carbonyl (C=O) groups excluding carboxylic acids is 1. The Morgan fingerprint density at radius 1 is 1.41 bits per heavy atom. The van der Waals surface area contributed by atoms with Crippen LogP contribution in [0.3, 0.4) is 0 Å². The number of hydrogen-bond acceptors (Lipinski definition) is 2. The molecule has 2 unspecified atom stereocenters. The van der Waals surface area contributed by atoms with Crippen LogP contribution in [0.1, 0.15) is 12.0 Å². The van der Waals surface area contributed by atoms with Crippen LogP contribution in [0.5, 0.6) is 0 Å². The molecule has 0 aromatic heterocycles. The number of morpholine rings is 1. The third-order valence-corrected chi connectivity index (χ3v) is 3.74. The molecule has 3 nitrogen and oxygen atoms in total. The second-order valence-corrected chi connectivity index (χ2v) is 5.13. The summed E-state index contributed by atoms with van der Waals surface area (Å²) in [5.41, 5.74) is 1.02. The van der Waals surface area contributed by atoms with Gasteiger partial charge in [-0.2, -0.15) is 0 Å². The van der Waals surface area contributed by atoms with Gasteiger partial charge in [-0.3, -0.25) is 4.79 Å². The van der Waals surface area contributed by atoms with Crippen molar-refractivity contribution in [1.82, 2.24) is 4.90 Å². The van der Waals surface area contributed by atoms with Crippen LogP contribution in [0.2, 0.25) is 5.02 Å². The Hall–Kier alpha value is -1.06. The van der Waals surface area contributed by atoms with E-state index in [9.17, 15) is 4.79 Å². The summed E-state index contributed by atoms with van der Waals surface area (Å²) in [4.78, 5) is 14.1. The Balaban J connectivity index is 1.65. The first-order valence-electron chi connectivity index (χ1n) is 5.88. The SMILES string of the molecule is O=C(Cc1ccc(Cl)cc1)N1CC2CC1CO2. The second kappa shape index (κ2) is 4.31. The number of benzene rings is 1. The predicted octanol–water partition coefficient (Wildman–Crippen LogP) is 1.88. The van der Waals surface area contributed by atoms with Crippen molar-refractivity contribution < 1.29 is 9.53 Å². The first-order chi connectivity index (χ1) is 8.22. The van der Waals surface area contributed by atoms with Crippen molar-refractivity contribution in [2.45, 2.75) is 25.0 Å². The third-order valence-electron chi connectivity index (χ3n) is 3.49. The molecule has 3 rings (SSSR count). The number of hydrogen-bond donors (Lipinski definition) is 0. The summed E-state index contributed by atoms with van der Waals surface area (Å²) in [7, 11) is 0. The van der Waals surface area contributed by atoms with Crippen molar-refractivity contribution in [3.8, 4) is 0 Å². The van der Waals surface area contributed by atoms with Crippen LogP contribution in [0.4, 0.5) is 0 Å². The fraction of sp³-hybridized carbons (Fsp3) is 0.462. The fourth-order valence-electron chi connectivity index (χ4n) is 2.58. The Kier molecular flexibility index (Phi) is 2.81. The molecular formula is C13H14ClNO2. The summed E-state index contributed by atoms with van der Waals surface area (Å²) >= 11 is 5.81. The van der Waals surface area contributed by atoms with Gasteiger partial charge in [-0.15, -0.1) is 0 Å². The van der Waals surface area contributed by atoms with E-state index in [-0.39, 0.29) is 12.0 Å². The highest BCUT2D eigenvalue weighted by atomic mass is 35.5. The van der Waals surface area contributed by atoms with E-state index in [1.54, 1.807) is 0 Å². The number of likely N-dealkylation sites (tertiary alicyclic amines) is 1. The van der Waals surface area contributed by atoms with E-state index in [0.29, 0.717) is 24.1 Å². The van der Waals surface area contributed by atoms with Gasteiger partial charge >= 0.3 is 0 Å². The minimum atomic E-state index is 0.197. The molecule has 4 heteroatoms. The van der Waals surface area contributed by atoms with Crippen LogP contribution in [-0.4, -0.2) is 36.1 Å². The zero-order chi connectivity index (χ0) is 11.8. The van der Waals surface area contributed by atoms with E-state index in [4.69, 9.17) is 16.3 Å². The number of carbonyl (C=O) groups is 1. The molecular weight excluding hydrogens is 238 g/mol. The first-order valence-corrected chi connectivity index (χ1v) is 6.25. The van der Waals surface area contributed by atoms with Gasteiger partial charge in [0.05, 0.1) is 25.2 Å². The molecule has 2 bridgehead atoms. The number of fused-ring (bicyclic) bond motifs is 2. The van der Waals surface area contributed by atoms with Crippen molar-refractivity contribution in [3.63, 3.8) is 0 Å². The molecule has 1 amide bonds. The number of halogens is 1. The van der Waals surface area contributed by atoms with Crippen molar-refractivity contribution in [3.05, 3.63) is 34.9 Å². The highest BCUT2D eigenvalue weighted by Crippen LogP contribution is 2.28. The van der Waals surface area contributed by atoms with Crippen LogP contribution >= 0.6 is 11.6 Å². The third kappa shape index (κ3) is 2.17. The lowest BCUT2D eigenvalue weighted by molar-refractivity contribution is -0.134. The lowest BCUT2D eigenvalue weighted by Crippen LogP contribution is -2.42. The molecule has 2 aliphatic rings. The van der Waals surface area contributed by atoms with Gasteiger partial charge < -0.3 is 9.64 Å². The Bertz CT molecular complexity index is 432. The maximum absolute atomic E-state index is 12.1. The monoisotopic (exact) mass is 251 g/mol. The molecule has 2 fully saturated rings. The average Bonchev–Trinajstić information content (AvgIpc) is 2.94. The molecule has 0 saturated carbocycles. The number of amides is 1. The molecule has 2 saturated heterocycles. The normalized spacial score (nSPS) is 26.5. The van der Waals surface area contributed by atoms with Crippen molar-refractivity contribution in [2.24, 2.45) is 0 Å². The standard InChI is InChI=1S/C13H14ClNO2/c14-10-3-1-9(2-4-10)5-13(16)15-7-12-6-11(15)8-17-12/h1-4,11-12H,5-8H2. The van der Waals surface area contributed by atoms with Gasteiger partial charge in [0.2, 0.25) is 5.91 Å². The largest absolute Gasteiger partial charge is 0.374 e. The van der Waals surface area contributed by atoms with E-state index in [1.165, 1.54) is 0 Å². The van der Waals surface area contributed by atoms with Crippen LogP contribution in [0.25, 0.3) is 0 Å². The van der Waals surface area contributed by atoms with Gasteiger partial charge in [0.1, 0.15) is 0 Å². The van der Waals surface area contributed by atoms with Gasteiger partial charge in [-0.25, -0.2) is 0 Å². The lowest BCUT2D eigenvalue weighted by atomic mass is 10.1. The Morgan fingerprint density at radius 3 is 2.76 bits per heavy atom. The number of nitrogens with zero attached hydrogens (tertiary/aromatic N) is 1. The summed E-state index contributed by atoms with van der Waals surface area (Å²) in [5.74, 6) is 0.197. The van der Waals surface area contributed by atoms with Crippen LogP contribution in [-0.2, 0) is 16.0 Å². The average molecular weight is 252 g/mol. The van der Waals surface area contributed by atoms with Gasteiger partial charge in [0.15, 0.2) is 0 Å². The number of rotatable bonds is 2. The summed E-state index contributed by atoms with van der Waals surface area (Å²) in [6.45, 7) is 1.47. The molecule has 1 aromatic rings. The van der Waals surface area contributed by atoms with Crippen molar-refractivity contribution in [2.75, 3.05) is 13.2 Å². The van der Waals surface area contributed by atoms with E-state index in [0.717, 1.165) is 18.5 Å². The molecule has 2 aliphatic heterocycles. The Labute approximate surface area is 105 Å². The zero-order valence-electron chi connectivity index (χ0n) is 9.43. The molecule has 0 radical (unpaired) electrons. The van der Waals surface area contributed by atoms with Gasteiger partial charge in [-0.05, 0) is 24.1 Å². The van der Waals surface area contributed by atoms with E-state index >= 15 is 0 Å². The van der Waals surface area contributed by atoms with Gasteiger partial charge in [0.25, 0.3) is 0 Å². The summed E-state index contributed by atoms with van der Waals surface area (Å²) in [6.07, 6.45) is 1.74. The second-order valence-electron chi connectivity index (χ2n) is 4.69. The molecule has 2 heterocycles. The maximum Gasteiger partial charge on any atom is 0.227 e. The molecule has 0 spiro atoms. The van der Waals surface area contributed by atoms with E-state index < -0.39 is 0 Å². The molecule has 1 aromatic carbocycles. The Morgan fingerprint density at radius 2 is 2.18 bits per heavy atom. The minimum Gasteiger partial charge on any atom is -0.374 e. The van der Waals surface area contributed by atoms with Crippen LogP contribution in [0, 0.1) is 0 Å². The molecule has 90 valence electrons. The molecule has 2 atom stereocenters. The highest BCUT2D eigenvalue weighted by molar-refractivity contribution is 6.30. The summed E-state index contributed by atoms with van der Waals surface area (Å²) in [6, 6.07) is 7.77. The van der Waals surface area contributed by atoms with Gasteiger partial charge in [-0.1, -0.05) is 23.7 Å². The smallest absolute Gasteiger partial charge is 0.227 e. The first kappa shape index (κ1) is 11.1. The zero-order valence-corrected chi connectivity index (χ0v) is 10.2. The summed E-state index contributed by atoms with van der Waals surface area (Å²) in [5, 5.41) is 0.704. The van der Waals surface area contributed by atoms with Gasteiger partial charge in [0, 0.05) is 11.6 Å². The minimum absolute atomic E-state index is 0.197. The van der Waals surface area contributed by atoms with Crippen molar-refractivity contribution >= 4 is 17.5 Å². The molecule has 0 aliphatic carbocycles. The molecule has 0 N–H and O–H groups in total.